The van der Waals surface area contributed by atoms with Gasteiger partial charge in [0.25, 0.3) is 5.56 Å². The molecule has 2 aromatic rings. The van der Waals surface area contributed by atoms with Crippen LogP contribution in [0.25, 0.3) is 0 Å². The summed E-state index contributed by atoms with van der Waals surface area (Å²) in [6, 6.07) is 7.62. The largest absolute Gasteiger partial charge is 0.494 e. The Hall–Kier alpha value is -2.63. The fourth-order valence-corrected chi connectivity index (χ4v) is 1.99. The van der Waals surface area contributed by atoms with Gasteiger partial charge in [-0.05, 0) is 30.5 Å². The van der Waals surface area contributed by atoms with Crippen LogP contribution in [0, 0.1) is 0 Å². The molecule has 1 heterocycles. The van der Waals surface area contributed by atoms with Crippen molar-refractivity contribution in [2.24, 2.45) is 4.99 Å². The fourth-order valence-electron chi connectivity index (χ4n) is 1.99. The molecular formula is C15H17N3O3. The van der Waals surface area contributed by atoms with E-state index in [1.54, 1.807) is 6.92 Å². The topological polar surface area (TPSA) is 98.3 Å². The van der Waals surface area contributed by atoms with E-state index >= 15 is 0 Å². The number of hydrogen-bond acceptors (Lipinski definition) is 4. The van der Waals surface area contributed by atoms with Crippen molar-refractivity contribution in [2.45, 2.75) is 26.7 Å². The average Bonchev–Trinajstić information content (AvgIpc) is 2.37. The summed E-state index contributed by atoms with van der Waals surface area (Å²) < 4.78 is 0. The van der Waals surface area contributed by atoms with Gasteiger partial charge >= 0.3 is 5.69 Å². The molecule has 6 nitrogen and oxygen atoms in total. The third kappa shape index (κ3) is 3.28. The second-order valence-corrected chi connectivity index (χ2v) is 5.08. The fraction of sp³-hybridized carbons (Fsp3) is 0.267. The summed E-state index contributed by atoms with van der Waals surface area (Å²) in [5.74, 6) is -0.0565. The van der Waals surface area contributed by atoms with E-state index in [0.29, 0.717) is 17.3 Å². The van der Waals surface area contributed by atoms with Crippen LogP contribution in [0.4, 0.5) is 5.69 Å². The first-order valence-electron chi connectivity index (χ1n) is 6.59. The first-order valence-corrected chi connectivity index (χ1v) is 6.59. The first-order chi connectivity index (χ1) is 9.88. The van der Waals surface area contributed by atoms with Crippen molar-refractivity contribution in [3.05, 3.63) is 56.2 Å². The van der Waals surface area contributed by atoms with E-state index in [1.165, 1.54) is 5.56 Å². The van der Waals surface area contributed by atoms with Crippen molar-refractivity contribution in [1.82, 2.24) is 9.97 Å². The summed E-state index contributed by atoms with van der Waals surface area (Å²) in [6.07, 6.45) is 0. The van der Waals surface area contributed by atoms with E-state index in [4.69, 9.17) is 0 Å². The summed E-state index contributed by atoms with van der Waals surface area (Å²) in [7, 11) is 0. The van der Waals surface area contributed by atoms with Crippen molar-refractivity contribution in [3.63, 3.8) is 0 Å². The Morgan fingerprint density at radius 2 is 1.76 bits per heavy atom. The summed E-state index contributed by atoms with van der Waals surface area (Å²) in [5, 5.41) is 9.68. The highest BCUT2D eigenvalue weighted by Crippen LogP contribution is 2.20. The number of rotatable bonds is 3. The van der Waals surface area contributed by atoms with Gasteiger partial charge in [-0.15, -0.1) is 0 Å². The van der Waals surface area contributed by atoms with E-state index in [9.17, 15) is 14.7 Å². The number of aromatic nitrogens is 2. The average molecular weight is 287 g/mol. The molecule has 0 fully saturated rings. The Balaban J connectivity index is 2.42. The molecule has 0 aliphatic heterocycles. The van der Waals surface area contributed by atoms with Crippen molar-refractivity contribution < 1.29 is 5.11 Å². The molecule has 0 unspecified atom stereocenters. The molecule has 0 aliphatic carbocycles. The number of benzene rings is 1. The minimum absolute atomic E-state index is 0.0393. The lowest BCUT2D eigenvalue weighted by Gasteiger charge is -2.06. The SMILES string of the molecule is CC(=Nc1ccc(C(C)C)cc1)c1c(O)[nH]c(=O)[nH]c1=O. The third-order valence-electron chi connectivity index (χ3n) is 3.14. The van der Waals surface area contributed by atoms with Crippen LogP contribution in [0.2, 0.25) is 0 Å². The number of aromatic hydroxyl groups is 1. The molecule has 0 saturated carbocycles. The summed E-state index contributed by atoms with van der Waals surface area (Å²) in [5.41, 5.74) is 0.717. The van der Waals surface area contributed by atoms with Crippen LogP contribution in [-0.2, 0) is 0 Å². The lowest BCUT2D eigenvalue weighted by Crippen LogP contribution is -2.27. The molecule has 0 amide bonds. The highest BCUT2D eigenvalue weighted by Gasteiger charge is 2.11. The van der Waals surface area contributed by atoms with Gasteiger partial charge in [-0.2, -0.15) is 0 Å². The van der Waals surface area contributed by atoms with Gasteiger partial charge in [0.15, 0.2) is 0 Å². The zero-order valence-electron chi connectivity index (χ0n) is 12.1. The number of H-pyrrole nitrogens is 2. The summed E-state index contributed by atoms with van der Waals surface area (Å²) >= 11 is 0. The molecule has 0 spiro atoms. The summed E-state index contributed by atoms with van der Waals surface area (Å²) in [4.78, 5) is 31.2. The molecular weight excluding hydrogens is 270 g/mol. The number of aromatic amines is 2. The Labute approximate surface area is 121 Å². The molecule has 3 N–H and O–H groups in total. The van der Waals surface area contributed by atoms with E-state index in [-0.39, 0.29) is 5.56 Å². The zero-order valence-corrected chi connectivity index (χ0v) is 12.1. The maximum absolute atomic E-state index is 11.7. The normalized spacial score (nSPS) is 11.9. The Morgan fingerprint density at radius 1 is 1.14 bits per heavy atom. The number of nitrogens with one attached hydrogen (secondary N) is 2. The Morgan fingerprint density at radius 3 is 2.29 bits per heavy atom. The standard InChI is InChI=1S/C15H17N3O3/c1-8(2)10-4-6-11(7-5-10)16-9(3)12-13(19)17-15(21)18-14(12)20/h4-8H,1-3H3,(H3,17,18,19,20,21). The van der Waals surface area contributed by atoms with E-state index in [1.807, 2.05) is 24.3 Å². The highest BCUT2D eigenvalue weighted by molar-refractivity contribution is 6.01. The van der Waals surface area contributed by atoms with Gasteiger partial charge in [-0.25, -0.2) is 4.79 Å². The Bertz CT molecular complexity index is 783. The minimum atomic E-state index is -0.754. The number of hydrogen-bond donors (Lipinski definition) is 3. The van der Waals surface area contributed by atoms with Crippen LogP contribution in [0.3, 0.4) is 0 Å². The maximum atomic E-state index is 11.7. The predicted octanol–water partition coefficient (Wildman–Crippen LogP) is 2.03. The van der Waals surface area contributed by atoms with Crippen molar-refractivity contribution >= 4 is 11.4 Å². The van der Waals surface area contributed by atoms with Crippen LogP contribution >= 0.6 is 0 Å². The third-order valence-corrected chi connectivity index (χ3v) is 3.14. The quantitative estimate of drug-likeness (QED) is 0.753. The molecule has 0 atom stereocenters. The van der Waals surface area contributed by atoms with E-state index in [2.05, 4.69) is 28.8 Å². The van der Waals surface area contributed by atoms with Gasteiger partial charge < -0.3 is 5.11 Å². The molecule has 0 bridgehead atoms. The van der Waals surface area contributed by atoms with Crippen LogP contribution in [0.1, 0.15) is 37.8 Å². The zero-order chi connectivity index (χ0) is 15.6. The summed E-state index contributed by atoms with van der Waals surface area (Å²) in [6.45, 7) is 5.79. The van der Waals surface area contributed by atoms with Gasteiger partial charge in [0.2, 0.25) is 5.88 Å². The molecule has 0 saturated heterocycles. The van der Waals surface area contributed by atoms with E-state index in [0.717, 1.165) is 0 Å². The van der Waals surface area contributed by atoms with Crippen molar-refractivity contribution in [3.8, 4) is 5.88 Å². The second-order valence-electron chi connectivity index (χ2n) is 5.08. The number of nitrogens with zero attached hydrogens (tertiary/aromatic N) is 1. The molecule has 1 aromatic heterocycles. The second kappa shape index (κ2) is 5.78. The molecule has 6 heteroatoms. The van der Waals surface area contributed by atoms with Crippen LogP contribution in [0.15, 0.2) is 38.8 Å². The first kappa shape index (κ1) is 14.8. The monoisotopic (exact) mass is 287 g/mol. The molecule has 2 rings (SSSR count). The maximum Gasteiger partial charge on any atom is 0.328 e. The predicted molar refractivity (Wildman–Crippen MR) is 81.8 cm³/mol. The van der Waals surface area contributed by atoms with Crippen LogP contribution in [-0.4, -0.2) is 20.8 Å². The van der Waals surface area contributed by atoms with Crippen molar-refractivity contribution in [2.75, 3.05) is 0 Å². The van der Waals surface area contributed by atoms with Crippen molar-refractivity contribution in [1.29, 1.82) is 0 Å². The molecule has 0 radical (unpaired) electrons. The Kier molecular flexibility index (Phi) is 4.07. The highest BCUT2D eigenvalue weighted by atomic mass is 16.3. The van der Waals surface area contributed by atoms with Gasteiger partial charge in [-0.3, -0.25) is 19.8 Å². The lowest BCUT2D eigenvalue weighted by molar-refractivity contribution is 0.447. The van der Waals surface area contributed by atoms with Crippen LogP contribution in [0.5, 0.6) is 5.88 Å². The smallest absolute Gasteiger partial charge is 0.328 e. The van der Waals surface area contributed by atoms with Gasteiger partial charge in [0, 0.05) is 0 Å². The molecule has 110 valence electrons. The molecule has 0 aliphatic rings. The van der Waals surface area contributed by atoms with E-state index < -0.39 is 17.1 Å². The number of aliphatic imine (C=N–C) groups is 1. The van der Waals surface area contributed by atoms with Gasteiger partial charge in [-0.1, -0.05) is 26.0 Å². The minimum Gasteiger partial charge on any atom is -0.494 e. The van der Waals surface area contributed by atoms with Gasteiger partial charge in [0.1, 0.15) is 5.56 Å². The van der Waals surface area contributed by atoms with Crippen LogP contribution < -0.4 is 11.2 Å². The molecule has 21 heavy (non-hydrogen) atoms. The lowest BCUT2D eigenvalue weighted by atomic mass is 10.0. The van der Waals surface area contributed by atoms with Gasteiger partial charge in [0.05, 0.1) is 11.4 Å². The molecule has 1 aromatic carbocycles.